The standard InChI is InChI=1S/C17H35N5O2S.HI/c1-17(2,3)24-16(23)22-12-10-21(11-13-22)9-6-7-19-15(18-4)20-8-14-25-5;/h6-14H2,1-5H3,(H2,18,19,20);1H. The molecule has 1 heterocycles. The molecule has 0 aromatic heterocycles. The zero-order valence-electron chi connectivity index (χ0n) is 16.8. The Morgan fingerprint density at radius 1 is 1.15 bits per heavy atom. The largest absolute Gasteiger partial charge is 0.444 e. The van der Waals surface area contributed by atoms with Gasteiger partial charge in [-0.3, -0.25) is 9.89 Å². The molecule has 1 saturated heterocycles. The fraction of sp³-hybridized carbons (Fsp3) is 0.882. The van der Waals surface area contributed by atoms with E-state index < -0.39 is 5.60 Å². The number of thioether (sulfide) groups is 1. The van der Waals surface area contributed by atoms with Crippen LogP contribution in [-0.4, -0.2) is 92.3 Å². The van der Waals surface area contributed by atoms with Crippen LogP contribution in [0.15, 0.2) is 4.99 Å². The maximum atomic E-state index is 12.1. The van der Waals surface area contributed by atoms with Crippen molar-refractivity contribution in [2.45, 2.75) is 32.8 Å². The van der Waals surface area contributed by atoms with Crippen LogP contribution in [-0.2, 0) is 4.74 Å². The van der Waals surface area contributed by atoms with Crippen LogP contribution in [0.3, 0.4) is 0 Å². The number of hydrogen-bond acceptors (Lipinski definition) is 5. The van der Waals surface area contributed by atoms with Crippen LogP contribution in [0.4, 0.5) is 4.79 Å². The molecule has 26 heavy (non-hydrogen) atoms. The molecule has 1 aliphatic rings. The summed E-state index contributed by atoms with van der Waals surface area (Å²) in [4.78, 5) is 20.5. The highest BCUT2D eigenvalue weighted by molar-refractivity contribution is 14.0. The number of aliphatic imine (C=N–C) groups is 1. The molecule has 1 aliphatic heterocycles. The van der Waals surface area contributed by atoms with E-state index in [1.54, 1.807) is 11.9 Å². The predicted molar refractivity (Wildman–Crippen MR) is 122 cm³/mol. The number of piperazine rings is 1. The maximum Gasteiger partial charge on any atom is 0.410 e. The average molecular weight is 501 g/mol. The lowest BCUT2D eigenvalue weighted by Crippen LogP contribution is -2.50. The van der Waals surface area contributed by atoms with Gasteiger partial charge in [-0.1, -0.05) is 0 Å². The van der Waals surface area contributed by atoms with Gasteiger partial charge in [0.2, 0.25) is 0 Å². The van der Waals surface area contributed by atoms with Crippen LogP contribution in [0.5, 0.6) is 0 Å². The number of amides is 1. The van der Waals surface area contributed by atoms with Crippen molar-refractivity contribution >= 4 is 47.8 Å². The molecular formula is C17H36IN5O2S. The molecule has 1 amide bonds. The molecule has 1 fully saturated rings. The minimum Gasteiger partial charge on any atom is -0.444 e. The number of nitrogens with one attached hydrogen (secondary N) is 2. The molecule has 0 atom stereocenters. The highest BCUT2D eigenvalue weighted by Gasteiger charge is 2.25. The first-order chi connectivity index (χ1) is 11.9. The lowest BCUT2D eigenvalue weighted by molar-refractivity contribution is 0.0145. The summed E-state index contributed by atoms with van der Waals surface area (Å²) in [5.74, 6) is 1.94. The second kappa shape index (κ2) is 13.7. The molecule has 0 unspecified atom stereocenters. The van der Waals surface area contributed by atoms with Gasteiger partial charge in [-0.2, -0.15) is 11.8 Å². The zero-order valence-corrected chi connectivity index (χ0v) is 20.0. The summed E-state index contributed by atoms with van der Waals surface area (Å²) in [5.41, 5.74) is -0.428. The van der Waals surface area contributed by atoms with Gasteiger partial charge in [0, 0.05) is 52.1 Å². The Kier molecular flexibility index (Phi) is 13.5. The molecule has 0 aliphatic carbocycles. The van der Waals surface area contributed by atoms with E-state index in [2.05, 4.69) is 26.8 Å². The van der Waals surface area contributed by atoms with Crippen molar-refractivity contribution in [3.8, 4) is 0 Å². The van der Waals surface area contributed by atoms with E-state index in [4.69, 9.17) is 4.74 Å². The smallest absolute Gasteiger partial charge is 0.410 e. The van der Waals surface area contributed by atoms with Gasteiger partial charge in [-0.25, -0.2) is 4.79 Å². The van der Waals surface area contributed by atoms with Crippen molar-refractivity contribution in [3.63, 3.8) is 0 Å². The second-order valence-electron chi connectivity index (χ2n) is 7.08. The summed E-state index contributed by atoms with van der Waals surface area (Å²) in [6.07, 6.45) is 2.95. The number of rotatable bonds is 7. The molecule has 1 rings (SSSR count). The third kappa shape index (κ3) is 11.3. The van der Waals surface area contributed by atoms with Gasteiger partial charge >= 0.3 is 6.09 Å². The summed E-state index contributed by atoms with van der Waals surface area (Å²) in [5, 5.41) is 6.63. The highest BCUT2D eigenvalue weighted by Crippen LogP contribution is 2.11. The number of guanidine groups is 1. The van der Waals surface area contributed by atoms with Crippen LogP contribution in [0.1, 0.15) is 27.2 Å². The highest BCUT2D eigenvalue weighted by atomic mass is 127. The molecule has 0 aromatic rings. The van der Waals surface area contributed by atoms with Gasteiger partial charge in [0.05, 0.1) is 0 Å². The van der Waals surface area contributed by atoms with E-state index in [-0.39, 0.29) is 30.1 Å². The van der Waals surface area contributed by atoms with Gasteiger partial charge in [-0.15, -0.1) is 24.0 Å². The Bertz CT molecular complexity index is 424. The fourth-order valence-corrected chi connectivity index (χ4v) is 2.79. The Morgan fingerprint density at radius 2 is 1.77 bits per heavy atom. The number of nitrogens with zero attached hydrogens (tertiary/aromatic N) is 3. The average Bonchev–Trinajstić information content (AvgIpc) is 2.56. The minimum atomic E-state index is -0.428. The van der Waals surface area contributed by atoms with E-state index in [0.717, 1.165) is 63.9 Å². The number of hydrogen-bond donors (Lipinski definition) is 2. The summed E-state index contributed by atoms with van der Waals surface area (Å²) in [6, 6.07) is 0. The lowest BCUT2D eigenvalue weighted by atomic mass is 10.2. The molecule has 0 bridgehead atoms. The monoisotopic (exact) mass is 501 g/mol. The minimum absolute atomic E-state index is 0. The zero-order chi connectivity index (χ0) is 18.7. The molecule has 0 radical (unpaired) electrons. The van der Waals surface area contributed by atoms with Crippen molar-refractivity contribution in [3.05, 3.63) is 0 Å². The molecule has 7 nitrogen and oxygen atoms in total. The number of halogens is 1. The summed E-state index contributed by atoms with van der Waals surface area (Å²) >= 11 is 1.82. The molecular weight excluding hydrogens is 465 g/mol. The molecule has 0 aromatic carbocycles. The van der Waals surface area contributed by atoms with Crippen LogP contribution in [0.25, 0.3) is 0 Å². The van der Waals surface area contributed by atoms with Crippen LogP contribution >= 0.6 is 35.7 Å². The number of ether oxygens (including phenoxy) is 1. The van der Waals surface area contributed by atoms with Crippen molar-refractivity contribution in [1.29, 1.82) is 0 Å². The van der Waals surface area contributed by atoms with Crippen molar-refractivity contribution < 1.29 is 9.53 Å². The fourth-order valence-electron chi connectivity index (χ4n) is 2.48. The first kappa shape index (κ1) is 25.6. The Balaban J connectivity index is 0.00000625. The van der Waals surface area contributed by atoms with Crippen LogP contribution < -0.4 is 10.6 Å². The summed E-state index contributed by atoms with van der Waals surface area (Å²) < 4.78 is 5.43. The van der Waals surface area contributed by atoms with E-state index >= 15 is 0 Å². The SMILES string of the molecule is CN=C(NCCCN1CCN(C(=O)OC(C)(C)C)CC1)NCCSC.I. The molecule has 0 saturated carbocycles. The normalized spacial score (nSPS) is 16.0. The van der Waals surface area contributed by atoms with E-state index in [0.29, 0.717) is 0 Å². The molecule has 2 N–H and O–H groups in total. The van der Waals surface area contributed by atoms with Crippen LogP contribution in [0.2, 0.25) is 0 Å². The maximum absolute atomic E-state index is 12.1. The summed E-state index contributed by atoms with van der Waals surface area (Å²) in [6.45, 7) is 11.8. The van der Waals surface area contributed by atoms with Gasteiger partial charge in [-0.05, 0) is 40.0 Å². The quantitative estimate of drug-likeness (QED) is 0.241. The van der Waals surface area contributed by atoms with E-state index in [1.165, 1.54) is 0 Å². The Labute approximate surface area is 180 Å². The third-order valence-corrected chi connectivity index (χ3v) is 4.40. The van der Waals surface area contributed by atoms with E-state index in [1.807, 2.05) is 32.5 Å². The molecule has 0 spiro atoms. The van der Waals surface area contributed by atoms with Crippen molar-refractivity contribution in [2.24, 2.45) is 4.99 Å². The molecule has 154 valence electrons. The first-order valence-corrected chi connectivity index (χ1v) is 10.4. The number of carbonyl (C=O) groups excluding carboxylic acids is 1. The Hall–Kier alpha value is -0.420. The summed E-state index contributed by atoms with van der Waals surface area (Å²) in [7, 11) is 1.80. The third-order valence-electron chi connectivity index (χ3n) is 3.79. The topological polar surface area (TPSA) is 69.2 Å². The van der Waals surface area contributed by atoms with Gasteiger partial charge in [0.15, 0.2) is 5.96 Å². The predicted octanol–water partition coefficient (Wildman–Crippen LogP) is 2.08. The van der Waals surface area contributed by atoms with Crippen LogP contribution in [0, 0.1) is 0 Å². The van der Waals surface area contributed by atoms with Gasteiger partial charge in [0.25, 0.3) is 0 Å². The second-order valence-corrected chi connectivity index (χ2v) is 8.07. The Morgan fingerprint density at radius 3 is 2.31 bits per heavy atom. The first-order valence-electron chi connectivity index (χ1n) is 8.99. The van der Waals surface area contributed by atoms with Crippen molar-refractivity contribution in [2.75, 3.05) is 64.9 Å². The lowest BCUT2D eigenvalue weighted by Gasteiger charge is -2.35. The van der Waals surface area contributed by atoms with Gasteiger partial charge in [0.1, 0.15) is 5.60 Å². The molecule has 9 heteroatoms. The number of carbonyl (C=O) groups is 1. The van der Waals surface area contributed by atoms with Crippen molar-refractivity contribution in [1.82, 2.24) is 20.4 Å². The van der Waals surface area contributed by atoms with E-state index in [9.17, 15) is 4.79 Å². The van der Waals surface area contributed by atoms with Gasteiger partial charge < -0.3 is 20.3 Å².